The van der Waals surface area contributed by atoms with E-state index in [-0.39, 0.29) is 122 Å². The van der Waals surface area contributed by atoms with Crippen LogP contribution < -0.4 is 0 Å². The Morgan fingerprint density at radius 1 is 0.448 bits per heavy atom. The number of carbonyl (C=O) groups excluding carboxylic acids is 15. The molecule has 4 heterocycles. The number of rotatable bonds is 17. The van der Waals surface area contributed by atoms with Crippen molar-refractivity contribution in [1.29, 1.82) is 0 Å². The fourth-order valence-corrected chi connectivity index (χ4v) is 10.9. The summed E-state index contributed by atoms with van der Waals surface area (Å²) in [5.41, 5.74) is 2.28. The van der Waals surface area contributed by atoms with Crippen molar-refractivity contribution in [3.8, 4) is 0 Å². The molecule has 116 heavy (non-hydrogen) atoms. The van der Waals surface area contributed by atoms with Crippen molar-refractivity contribution in [1.82, 2.24) is 29.7 Å². The third-order valence-electron chi connectivity index (χ3n) is 13.2. The number of Topliss-reactive ketones (excluding diaryl/α,β-unsaturated/α-hetero) is 5. The topological polar surface area (TPSA) is 306 Å². The largest absolute Gasteiger partial charge is 0.375 e. The number of aromatic nitrogens is 3. The SMILES string of the molecule is CCC.CCC.CCC.CCC.CCC.CCC.CCC.CCC.CCC.CCC.CCC.CCC.CCC(=O)C(C)SC.COC1CCCCc2c1nnn2C.CSC(C)C(=O)CCC(C)=O.CSC1CC(=O)N(C)C1=O.CSC1CC(=O)N(CC(C)=O)C1=O.CSC1CC(=O)N(CC2CCC(C(C)=O)CC2)C1=O.O=C=O.O=C=O. The first-order valence-electron chi connectivity index (χ1n) is 42.7. The fourth-order valence-electron chi connectivity index (χ4n) is 8.14. The molecule has 0 N–H and O–H groups in total. The molecule has 0 spiro atoms. The molecule has 0 aromatic carbocycles. The van der Waals surface area contributed by atoms with Gasteiger partial charge < -0.3 is 9.53 Å². The first-order valence-corrected chi connectivity index (χ1v) is 49.2. The molecule has 0 radical (unpaired) electrons. The average molecular weight is 1750 g/mol. The van der Waals surface area contributed by atoms with Crippen LogP contribution in [-0.4, -0.2) is 191 Å². The van der Waals surface area contributed by atoms with Crippen LogP contribution in [-0.2, 0) is 90.1 Å². The van der Waals surface area contributed by atoms with Crippen molar-refractivity contribution in [3.05, 3.63) is 11.4 Å². The number of thioether (sulfide) groups is 5. The van der Waals surface area contributed by atoms with Crippen molar-refractivity contribution in [2.75, 3.05) is 58.5 Å². The Kier molecular flexibility index (Phi) is 139. The van der Waals surface area contributed by atoms with E-state index in [0.717, 1.165) is 49.1 Å². The molecule has 5 aliphatic rings. The van der Waals surface area contributed by atoms with Crippen LogP contribution >= 0.6 is 58.8 Å². The Labute approximate surface area is 732 Å². The van der Waals surface area contributed by atoms with Gasteiger partial charge in [0.05, 0.1) is 38.5 Å². The summed E-state index contributed by atoms with van der Waals surface area (Å²) in [5, 5.41) is 7.82. The standard InChI is InChI=1S/C14H21NO3S.C9H15N3O.C8H11NO3S.C8H14O2S.C6H9NO2S.C6H12OS.12C3H8.2CO2/c1-9(16)11-5-3-10(4-6-11)8-15-13(17)7-12(19-2)14(15)18;1-12-7-5-3-4-6-8(13-2)9(7)10-11-12;1-5(10)4-9-7(11)3-6(13-2)8(9)12;1-6(9)4-5-8(10)7(2)11-3;1-7-5(8)3-4(10-2)6(7)9;1-4-6(7)5(2)8-3;12*1-3-2;2*2-1-3/h10-12H,3-8H2,1-2H3;8H,3-6H2,1-2H3;6H,3-4H2,1-2H3;7H,4-5H2,1-3H3;4H,3H2,1-2H3;5H,4H2,1-3H3;12*3H2,1-2H3;;. The number of imide groups is 3. The molecule has 6 atom stereocenters. The summed E-state index contributed by atoms with van der Waals surface area (Å²) in [4.78, 5) is 159. The number of nitrogens with zero attached hydrogens (tertiary/aromatic N) is 6. The van der Waals surface area contributed by atoms with Crippen LogP contribution in [0.4, 0.5) is 0 Å². The maximum absolute atomic E-state index is 12.0. The van der Waals surface area contributed by atoms with Crippen LogP contribution in [0.25, 0.3) is 0 Å². The predicted octanol–water partition coefficient (Wildman–Crippen LogP) is 22.5. The van der Waals surface area contributed by atoms with E-state index in [1.54, 1.807) is 32.1 Å². The maximum atomic E-state index is 12.0. The lowest BCUT2D eigenvalue weighted by Gasteiger charge is -2.29. The lowest BCUT2D eigenvalue weighted by molar-refractivity contribution is -0.193. The minimum absolute atomic E-state index is 0.0220. The highest BCUT2D eigenvalue weighted by Crippen LogP contribution is 2.33. The second-order valence-electron chi connectivity index (χ2n) is 27.2. The number of aryl methyl sites for hydroxylation is 1. The van der Waals surface area contributed by atoms with Crippen LogP contribution in [0.3, 0.4) is 0 Å². The minimum atomic E-state index is -0.285. The minimum Gasteiger partial charge on any atom is -0.375 e. The molecule has 0 bridgehead atoms. The monoisotopic (exact) mass is 1750 g/mol. The van der Waals surface area contributed by atoms with Gasteiger partial charge in [-0.25, -0.2) is 0 Å². The Bertz CT molecular complexity index is 2450. The van der Waals surface area contributed by atoms with Gasteiger partial charge >= 0.3 is 12.3 Å². The Morgan fingerprint density at radius 2 is 0.767 bits per heavy atom. The van der Waals surface area contributed by atoms with Crippen LogP contribution in [0, 0.1) is 11.8 Å². The highest BCUT2D eigenvalue weighted by molar-refractivity contribution is 8.00. The summed E-state index contributed by atoms with van der Waals surface area (Å²) in [6.07, 6.45) is 35.7. The molecule has 1 aromatic heterocycles. The van der Waals surface area contributed by atoms with Gasteiger partial charge in [0.2, 0.25) is 35.4 Å². The lowest BCUT2D eigenvalue weighted by Crippen LogP contribution is -2.37. The third kappa shape index (κ3) is 94.9. The van der Waals surface area contributed by atoms with Gasteiger partial charge in [0.25, 0.3) is 0 Å². The van der Waals surface area contributed by atoms with Gasteiger partial charge in [0.15, 0.2) is 0 Å². The van der Waals surface area contributed by atoms with Crippen LogP contribution in [0.2, 0.25) is 0 Å². The van der Waals surface area contributed by atoms with E-state index >= 15 is 0 Å². The molecule has 2 aliphatic carbocycles. The number of ketones is 5. The number of amides is 6. The van der Waals surface area contributed by atoms with Crippen molar-refractivity contribution < 1.29 is 76.7 Å². The van der Waals surface area contributed by atoms with Crippen LogP contribution in [0.5, 0.6) is 0 Å². The molecule has 27 heteroatoms. The van der Waals surface area contributed by atoms with Gasteiger partial charge in [-0.15, -0.1) is 5.10 Å². The zero-order chi connectivity index (χ0) is 94.3. The van der Waals surface area contributed by atoms with Crippen molar-refractivity contribution >= 4 is 135 Å². The quantitative estimate of drug-likeness (QED) is 0.103. The number of carbonyl (C=O) groups is 11. The number of fused-ring (bicyclic) bond motifs is 1. The predicted molar refractivity (Wildman–Crippen MR) is 500 cm³/mol. The molecule has 22 nitrogen and oxygen atoms in total. The summed E-state index contributed by atoms with van der Waals surface area (Å²) in [6, 6.07) is 0. The third-order valence-corrected chi connectivity index (χ3v) is 18.0. The molecule has 690 valence electrons. The smallest absolute Gasteiger partial charge is 0.373 e. The summed E-state index contributed by atoms with van der Waals surface area (Å²) < 4.78 is 7.26. The highest BCUT2D eigenvalue weighted by atomic mass is 32.2. The van der Waals surface area contributed by atoms with E-state index in [2.05, 4.69) is 176 Å². The van der Waals surface area contributed by atoms with E-state index in [0.29, 0.717) is 50.4 Å². The molecule has 3 aliphatic heterocycles. The Hall–Kier alpha value is -4.62. The zero-order valence-electron chi connectivity index (χ0n) is 81.2. The van der Waals surface area contributed by atoms with Crippen molar-refractivity contribution in [2.45, 2.75) is 407 Å². The number of likely N-dealkylation sites (tertiary alicyclic amines) is 3. The number of ether oxygens (including phenoxy) is 1. The second-order valence-corrected chi connectivity index (χ2v) is 32.7. The van der Waals surface area contributed by atoms with Gasteiger partial charge in [-0.1, -0.05) is 262 Å². The average Bonchev–Trinajstić information content (AvgIpc) is 1.70. The molecule has 1 saturated carbocycles. The summed E-state index contributed by atoms with van der Waals surface area (Å²) in [6.45, 7) is 61.7. The molecular formula is C89H178N6O16S5. The van der Waals surface area contributed by atoms with E-state index < -0.39 is 0 Å². The maximum Gasteiger partial charge on any atom is 0.373 e. The van der Waals surface area contributed by atoms with Crippen LogP contribution in [0.15, 0.2) is 0 Å². The number of hydrogen-bond acceptors (Lipinski definition) is 23. The molecule has 6 rings (SSSR count). The van der Waals surface area contributed by atoms with Gasteiger partial charge in [-0.05, 0) is 117 Å². The second kappa shape index (κ2) is 112. The molecule has 6 unspecified atom stereocenters. The van der Waals surface area contributed by atoms with E-state index in [1.807, 2.05) is 57.5 Å². The Balaban J connectivity index is -0.0000000825. The summed E-state index contributed by atoms with van der Waals surface area (Å²) >= 11 is 7.38. The molecule has 4 fully saturated rings. The lowest BCUT2D eigenvalue weighted by atomic mass is 9.80. The fraction of sp³-hybridized carbons (Fsp3) is 0.831. The van der Waals surface area contributed by atoms with Crippen LogP contribution in [0.1, 0.15) is 386 Å². The first kappa shape index (κ1) is 143. The molecule has 6 amide bonds. The highest BCUT2D eigenvalue weighted by Gasteiger charge is 2.40. The normalized spacial score (nSPS) is 16.7. The summed E-state index contributed by atoms with van der Waals surface area (Å²) in [5.74, 6) is 0.650. The van der Waals surface area contributed by atoms with Gasteiger partial charge in [0.1, 0.15) is 40.7 Å². The zero-order valence-corrected chi connectivity index (χ0v) is 85.3. The van der Waals surface area contributed by atoms with Gasteiger partial charge in [-0.3, -0.25) is 67.3 Å². The Morgan fingerprint density at radius 3 is 1.03 bits per heavy atom. The van der Waals surface area contributed by atoms with Crippen molar-refractivity contribution in [3.63, 3.8) is 0 Å². The molecule has 3 saturated heterocycles. The van der Waals surface area contributed by atoms with Crippen molar-refractivity contribution in [2.24, 2.45) is 18.9 Å². The van der Waals surface area contributed by atoms with E-state index in [1.165, 1.54) is 173 Å². The summed E-state index contributed by atoms with van der Waals surface area (Å²) in [7, 11) is 5.22. The van der Waals surface area contributed by atoms with E-state index in [4.69, 9.17) is 23.9 Å². The van der Waals surface area contributed by atoms with Gasteiger partial charge in [-0.2, -0.15) is 78.0 Å². The number of hydrogen-bond donors (Lipinski definition) is 0. The molecule has 1 aromatic rings. The van der Waals surface area contributed by atoms with Gasteiger partial charge in [0, 0.05) is 72.2 Å². The number of methoxy groups -OCH3 is 1. The molecular weight excluding hydrogens is 1570 g/mol. The van der Waals surface area contributed by atoms with E-state index in [9.17, 15) is 52.7 Å². The first-order chi connectivity index (χ1) is 54.7.